The third kappa shape index (κ3) is 6.66. The highest BCUT2D eigenvalue weighted by atomic mass is 19.4. The number of halogens is 3. The van der Waals surface area contributed by atoms with Crippen LogP contribution in [0.4, 0.5) is 13.2 Å². The Morgan fingerprint density at radius 2 is 1.50 bits per heavy atom. The Bertz CT molecular complexity index is 209. The molecule has 1 aliphatic rings. The molecule has 3 nitrogen and oxygen atoms in total. The number of carbonyl (C=O) groups excluding carboxylic acids is 1. The summed E-state index contributed by atoms with van der Waals surface area (Å²) in [5.41, 5.74) is 0. The lowest BCUT2D eigenvalue weighted by molar-refractivity contribution is -0.653. The fourth-order valence-corrected chi connectivity index (χ4v) is 1.47. The van der Waals surface area contributed by atoms with E-state index in [1.54, 1.807) is 0 Å². The number of rotatable bonds is 0. The van der Waals surface area contributed by atoms with Crippen molar-refractivity contribution >= 4 is 5.97 Å². The first-order chi connectivity index (χ1) is 7.25. The number of nitrogens with two attached hydrogens (primary N) is 1. The molecule has 1 fully saturated rings. The van der Waals surface area contributed by atoms with Gasteiger partial charge in [-0.2, -0.15) is 13.2 Å². The Morgan fingerprint density at radius 1 is 1.19 bits per heavy atom. The lowest BCUT2D eigenvalue weighted by atomic mass is 9.92. The Kier molecular flexibility index (Phi) is 6.40. The maximum atomic E-state index is 10.5. The molecule has 1 rings (SSSR count). The van der Waals surface area contributed by atoms with E-state index in [0.717, 1.165) is 11.8 Å². The van der Waals surface area contributed by atoms with Crippen LogP contribution in [0.25, 0.3) is 0 Å². The molecule has 96 valence electrons. The molecule has 0 amide bonds. The standard InChI is InChI=1S/C8H17N.C2HF3O2/c1-7-3-5-9-6-4-8(7)2;3-2(4,5)1(6)7/h7-9H,3-6H2,1-2H3;(H,6,7)/t7-,8+;. The van der Waals surface area contributed by atoms with Crippen molar-refractivity contribution in [3.63, 3.8) is 0 Å². The summed E-state index contributed by atoms with van der Waals surface area (Å²) in [5, 5.41) is 11.2. The molecule has 0 aromatic heterocycles. The van der Waals surface area contributed by atoms with E-state index in [2.05, 4.69) is 19.2 Å². The van der Waals surface area contributed by atoms with E-state index in [9.17, 15) is 13.2 Å². The zero-order valence-corrected chi connectivity index (χ0v) is 9.51. The molecule has 2 atom stereocenters. The fraction of sp³-hybridized carbons (Fsp3) is 0.900. The zero-order chi connectivity index (χ0) is 12.8. The van der Waals surface area contributed by atoms with Crippen LogP contribution in [0.2, 0.25) is 0 Å². The molecule has 0 aliphatic carbocycles. The topological polar surface area (TPSA) is 56.7 Å². The quantitative estimate of drug-likeness (QED) is 0.644. The summed E-state index contributed by atoms with van der Waals surface area (Å²) >= 11 is 0. The molecule has 0 aromatic rings. The van der Waals surface area contributed by atoms with Gasteiger partial charge < -0.3 is 15.2 Å². The van der Waals surface area contributed by atoms with Crippen molar-refractivity contribution in [3.05, 3.63) is 0 Å². The van der Waals surface area contributed by atoms with Crippen molar-refractivity contribution in [2.75, 3.05) is 13.1 Å². The maximum absolute atomic E-state index is 10.5. The predicted octanol–water partition coefficient (Wildman–Crippen LogP) is -0.0856. The number of quaternary nitrogens is 1. The second-order valence-electron chi connectivity index (χ2n) is 4.18. The minimum Gasteiger partial charge on any atom is -0.542 e. The number of carboxylic acid groups (broad SMARTS) is 1. The smallest absolute Gasteiger partial charge is 0.430 e. The van der Waals surface area contributed by atoms with E-state index in [1.165, 1.54) is 25.9 Å². The number of alkyl halides is 3. The number of hydrogen-bond donors (Lipinski definition) is 1. The summed E-state index contributed by atoms with van der Waals surface area (Å²) in [7, 11) is 0. The first-order valence-electron chi connectivity index (χ1n) is 5.35. The molecule has 0 spiro atoms. The average Bonchev–Trinajstić information content (AvgIpc) is 2.32. The van der Waals surface area contributed by atoms with Gasteiger partial charge >= 0.3 is 6.18 Å². The highest BCUT2D eigenvalue weighted by Gasteiger charge is 2.28. The van der Waals surface area contributed by atoms with E-state index < -0.39 is 12.1 Å². The van der Waals surface area contributed by atoms with Gasteiger partial charge in [0.25, 0.3) is 0 Å². The normalized spacial score (nSPS) is 26.3. The average molecular weight is 241 g/mol. The fourth-order valence-electron chi connectivity index (χ4n) is 1.47. The second-order valence-corrected chi connectivity index (χ2v) is 4.18. The first kappa shape index (κ1) is 15.2. The second kappa shape index (κ2) is 6.73. The van der Waals surface area contributed by atoms with Gasteiger partial charge in [-0.15, -0.1) is 0 Å². The molecule has 1 heterocycles. The molecule has 2 N–H and O–H groups in total. The van der Waals surface area contributed by atoms with E-state index >= 15 is 0 Å². The molecule has 0 unspecified atom stereocenters. The number of aliphatic carboxylic acids is 1. The van der Waals surface area contributed by atoms with E-state index in [0.29, 0.717) is 0 Å². The van der Waals surface area contributed by atoms with Crippen LogP contribution in [-0.4, -0.2) is 25.2 Å². The van der Waals surface area contributed by atoms with Crippen molar-refractivity contribution in [1.29, 1.82) is 0 Å². The molecule has 0 saturated carbocycles. The Morgan fingerprint density at radius 3 is 1.75 bits per heavy atom. The van der Waals surface area contributed by atoms with Crippen LogP contribution >= 0.6 is 0 Å². The van der Waals surface area contributed by atoms with Crippen molar-refractivity contribution in [2.24, 2.45) is 11.8 Å². The molecule has 1 aliphatic heterocycles. The largest absolute Gasteiger partial charge is 0.542 e. The summed E-state index contributed by atoms with van der Waals surface area (Å²) in [5.74, 6) is -1.08. The van der Waals surface area contributed by atoms with Gasteiger partial charge in [0.15, 0.2) is 0 Å². The number of hydrogen-bond acceptors (Lipinski definition) is 2. The summed E-state index contributed by atoms with van der Waals surface area (Å²) in [6, 6.07) is 0. The van der Waals surface area contributed by atoms with Crippen LogP contribution < -0.4 is 10.4 Å². The molecule has 0 radical (unpaired) electrons. The molecular weight excluding hydrogens is 223 g/mol. The lowest BCUT2D eigenvalue weighted by Gasteiger charge is -2.12. The SMILES string of the molecule is C[C@@H]1CC[NH2+]CC[C@@H]1C.O=C([O-])C(F)(F)F. The van der Waals surface area contributed by atoms with Crippen LogP contribution in [0.15, 0.2) is 0 Å². The molecular formula is C10H18F3NO2. The van der Waals surface area contributed by atoms with Gasteiger partial charge in [0.2, 0.25) is 0 Å². The van der Waals surface area contributed by atoms with Gasteiger partial charge in [0.05, 0.1) is 13.1 Å². The summed E-state index contributed by atoms with van der Waals surface area (Å²) in [4.78, 5) is 8.78. The molecule has 6 heteroatoms. The minimum absolute atomic E-state index is 0.962. The van der Waals surface area contributed by atoms with Crippen molar-refractivity contribution in [1.82, 2.24) is 0 Å². The maximum Gasteiger partial charge on any atom is 0.430 e. The van der Waals surface area contributed by atoms with Crippen molar-refractivity contribution in [3.8, 4) is 0 Å². The third-order valence-electron chi connectivity index (χ3n) is 2.86. The number of carboxylic acids is 1. The van der Waals surface area contributed by atoms with Gasteiger partial charge in [-0.1, -0.05) is 13.8 Å². The monoisotopic (exact) mass is 241 g/mol. The highest BCUT2D eigenvalue weighted by molar-refractivity contribution is 5.70. The van der Waals surface area contributed by atoms with Gasteiger partial charge in [0.1, 0.15) is 5.97 Å². The Labute approximate surface area is 93.0 Å². The van der Waals surface area contributed by atoms with Crippen LogP contribution in [-0.2, 0) is 4.79 Å². The summed E-state index contributed by atoms with van der Waals surface area (Å²) < 4.78 is 31.5. The minimum atomic E-state index is -5.19. The van der Waals surface area contributed by atoms with E-state index in [1.807, 2.05) is 0 Å². The number of carbonyl (C=O) groups is 1. The van der Waals surface area contributed by atoms with Crippen molar-refractivity contribution < 1.29 is 28.4 Å². The predicted molar refractivity (Wildman–Crippen MR) is 50.3 cm³/mol. The molecule has 0 bridgehead atoms. The van der Waals surface area contributed by atoms with Gasteiger partial charge in [0, 0.05) is 0 Å². The van der Waals surface area contributed by atoms with Crippen LogP contribution in [0.1, 0.15) is 26.7 Å². The van der Waals surface area contributed by atoms with Gasteiger partial charge in [-0.3, -0.25) is 0 Å². The van der Waals surface area contributed by atoms with Gasteiger partial charge in [-0.05, 0) is 24.7 Å². The summed E-state index contributed by atoms with van der Waals surface area (Å²) in [6.45, 7) is 7.46. The Balaban J connectivity index is 0.000000293. The van der Waals surface area contributed by atoms with Crippen LogP contribution in [0.5, 0.6) is 0 Å². The lowest BCUT2D eigenvalue weighted by Crippen LogP contribution is -2.83. The summed E-state index contributed by atoms with van der Waals surface area (Å²) in [6.07, 6.45) is -2.36. The Hall–Kier alpha value is -0.780. The molecule has 16 heavy (non-hydrogen) atoms. The zero-order valence-electron chi connectivity index (χ0n) is 9.51. The molecule has 1 saturated heterocycles. The third-order valence-corrected chi connectivity index (χ3v) is 2.86. The molecule has 0 aromatic carbocycles. The van der Waals surface area contributed by atoms with Crippen molar-refractivity contribution in [2.45, 2.75) is 32.9 Å². The van der Waals surface area contributed by atoms with E-state index in [4.69, 9.17) is 9.90 Å². The van der Waals surface area contributed by atoms with E-state index in [-0.39, 0.29) is 0 Å². The highest BCUT2D eigenvalue weighted by Crippen LogP contribution is 2.17. The van der Waals surface area contributed by atoms with Crippen LogP contribution in [0.3, 0.4) is 0 Å². The van der Waals surface area contributed by atoms with Crippen LogP contribution in [0, 0.1) is 11.8 Å². The first-order valence-corrected chi connectivity index (χ1v) is 5.35. The van der Waals surface area contributed by atoms with Gasteiger partial charge in [-0.25, -0.2) is 0 Å².